The van der Waals surface area contributed by atoms with Crippen LogP contribution in [0.4, 0.5) is 5.69 Å². The number of halogens is 2. The molecule has 1 aromatic heterocycles. The van der Waals surface area contributed by atoms with Crippen LogP contribution in [0.5, 0.6) is 11.5 Å². The third kappa shape index (κ3) is 5.66. The second-order valence-electron chi connectivity index (χ2n) is 7.75. The van der Waals surface area contributed by atoms with Gasteiger partial charge in [-0.25, -0.2) is 0 Å². The van der Waals surface area contributed by atoms with Crippen molar-refractivity contribution in [3.05, 3.63) is 51.8 Å². The SMILES string of the molecule is COc1cc(NC(=O)C2CCN(Cc3nc(-c4cccc(Br)c4)no3)CC2)c(OC)cc1Cl. The van der Waals surface area contributed by atoms with E-state index in [4.69, 9.17) is 25.6 Å². The number of rotatable bonds is 7. The van der Waals surface area contributed by atoms with Crippen LogP contribution in [-0.2, 0) is 11.3 Å². The van der Waals surface area contributed by atoms with Gasteiger partial charge in [0.15, 0.2) is 0 Å². The van der Waals surface area contributed by atoms with Crippen LogP contribution in [0.25, 0.3) is 11.4 Å². The summed E-state index contributed by atoms with van der Waals surface area (Å²) in [6, 6.07) is 11.1. The summed E-state index contributed by atoms with van der Waals surface area (Å²) in [4.78, 5) is 19.6. The summed E-state index contributed by atoms with van der Waals surface area (Å²) in [5.74, 6) is 1.94. The van der Waals surface area contributed by atoms with Crippen LogP contribution >= 0.6 is 27.5 Å². The summed E-state index contributed by atoms with van der Waals surface area (Å²) < 4.78 is 17.0. The maximum atomic E-state index is 12.9. The van der Waals surface area contributed by atoms with Crippen molar-refractivity contribution in [2.45, 2.75) is 19.4 Å². The minimum absolute atomic E-state index is 0.0490. The van der Waals surface area contributed by atoms with Crippen LogP contribution in [0.2, 0.25) is 5.02 Å². The lowest BCUT2D eigenvalue weighted by Gasteiger charge is -2.30. The van der Waals surface area contributed by atoms with Gasteiger partial charge >= 0.3 is 0 Å². The highest BCUT2D eigenvalue weighted by Gasteiger charge is 2.27. The molecule has 1 amide bonds. The number of amides is 1. The minimum Gasteiger partial charge on any atom is -0.495 e. The van der Waals surface area contributed by atoms with Crippen LogP contribution < -0.4 is 14.8 Å². The number of anilines is 1. The van der Waals surface area contributed by atoms with E-state index in [1.54, 1.807) is 12.1 Å². The Labute approximate surface area is 205 Å². The molecule has 1 fully saturated rings. The number of carbonyl (C=O) groups excluding carboxylic acids is 1. The molecular formula is C23H24BrClN4O4. The molecule has 3 aromatic rings. The lowest BCUT2D eigenvalue weighted by molar-refractivity contribution is -0.121. The van der Waals surface area contributed by atoms with E-state index in [0.717, 1.165) is 36.0 Å². The first-order valence-electron chi connectivity index (χ1n) is 10.5. The summed E-state index contributed by atoms with van der Waals surface area (Å²) in [5.41, 5.74) is 1.43. The third-order valence-corrected chi connectivity index (χ3v) is 6.39. The average Bonchev–Trinajstić information content (AvgIpc) is 3.29. The molecule has 0 bridgehead atoms. The zero-order chi connectivity index (χ0) is 23.4. The molecule has 2 aromatic carbocycles. The molecule has 0 aliphatic carbocycles. The number of hydrogen-bond acceptors (Lipinski definition) is 7. The second kappa shape index (κ2) is 10.5. The van der Waals surface area contributed by atoms with Crippen molar-refractivity contribution in [1.82, 2.24) is 15.0 Å². The highest BCUT2D eigenvalue weighted by Crippen LogP contribution is 2.36. The zero-order valence-electron chi connectivity index (χ0n) is 18.3. The van der Waals surface area contributed by atoms with Crippen LogP contribution in [0.15, 0.2) is 45.4 Å². The van der Waals surface area contributed by atoms with Gasteiger partial charge in [-0.05, 0) is 38.1 Å². The van der Waals surface area contributed by atoms with Gasteiger partial charge in [0, 0.05) is 28.1 Å². The van der Waals surface area contributed by atoms with Gasteiger partial charge in [0.2, 0.25) is 17.6 Å². The maximum absolute atomic E-state index is 12.9. The van der Waals surface area contributed by atoms with Gasteiger partial charge in [-0.2, -0.15) is 4.98 Å². The van der Waals surface area contributed by atoms with Gasteiger partial charge in [-0.15, -0.1) is 0 Å². The van der Waals surface area contributed by atoms with Crippen molar-refractivity contribution >= 4 is 39.1 Å². The van der Waals surface area contributed by atoms with E-state index in [1.165, 1.54) is 14.2 Å². The Morgan fingerprint density at radius 1 is 1.21 bits per heavy atom. The third-order valence-electron chi connectivity index (χ3n) is 5.60. The molecule has 2 heterocycles. The van der Waals surface area contributed by atoms with E-state index in [9.17, 15) is 4.79 Å². The summed E-state index contributed by atoms with van der Waals surface area (Å²) >= 11 is 9.60. The first-order valence-corrected chi connectivity index (χ1v) is 11.7. The van der Waals surface area contributed by atoms with Crippen molar-refractivity contribution in [3.8, 4) is 22.9 Å². The quantitative estimate of drug-likeness (QED) is 0.454. The predicted molar refractivity (Wildman–Crippen MR) is 129 cm³/mol. The fraction of sp³-hybridized carbons (Fsp3) is 0.348. The van der Waals surface area contributed by atoms with Crippen molar-refractivity contribution in [2.24, 2.45) is 5.92 Å². The average molecular weight is 536 g/mol. The second-order valence-corrected chi connectivity index (χ2v) is 9.07. The molecule has 0 unspecified atom stereocenters. The molecule has 1 aliphatic heterocycles. The number of carbonyl (C=O) groups is 1. The fourth-order valence-electron chi connectivity index (χ4n) is 3.80. The topological polar surface area (TPSA) is 89.7 Å². The number of ether oxygens (including phenoxy) is 2. The molecule has 174 valence electrons. The van der Waals surface area contributed by atoms with Crippen molar-refractivity contribution in [2.75, 3.05) is 32.6 Å². The lowest BCUT2D eigenvalue weighted by Crippen LogP contribution is -2.37. The monoisotopic (exact) mass is 534 g/mol. The number of nitrogens with zero attached hydrogens (tertiary/aromatic N) is 3. The Kier molecular flexibility index (Phi) is 7.52. The maximum Gasteiger partial charge on any atom is 0.241 e. The summed E-state index contributed by atoms with van der Waals surface area (Å²) in [6.45, 7) is 2.07. The van der Waals surface area contributed by atoms with E-state index in [1.807, 2.05) is 24.3 Å². The number of aromatic nitrogens is 2. The van der Waals surface area contributed by atoms with Gasteiger partial charge in [-0.1, -0.05) is 44.8 Å². The Hall–Kier alpha value is -2.62. The molecular weight excluding hydrogens is 512 g/mol. The predicted octanol–water partition coefficient (Wildman–Crippen LogP) is 5.02. The van der Waals surface area contributed by atoms with Gasteiger partial charge < -0.3 is 19.3 Å². The number of methoxy groups -OCH3 is 2. The molecule has 33 heavy (non-hydrogen) atoms. The highest BCUT2D eigenvalue weighted by atomic mass is 79.9. The largest absolute Gasteiger partial charge is 0.495 e. The number of hydrogen-bond donors (Lipinski definition) is 1. The number of piperidine rings is 1. The van der Waals surface area contributed by atoms with Gasteiger partial charge in [-0.3, -0.25) is 9.69 Å². The van der Waals surface area contributed by atoms with E-state index in [-0.39, 0.29) is 11.8 Å². The Balaban J connectivity index is 1.33. The van der Waals surface area contributed by atoms with E-state index in [2.05, 4.69) is 36.3 Å². The van der Waals surface area contributed by atoms with Crippen molar-refractivity contribution in [1.29, 1.82) is 0 Å². The molecule has 4 rings (SSSR count). The lowest BCUT2D eigenvalue weighted by atomic mass is 9.95. The Morgan fingerprint density at radius 3 is 2.67 bits per heavy atom. The number of benzene rings is 2. The molecule has 10 heteroatoms. The van der Waals surface area contributed by atoms with Crippen molar-refractivity contribution in [3.63, 3.8) is 0 Å². The van der Waals surface area contributed by atoms with Crippen LogP contribution in [0, 0.1) is 5.92 Å². The molecule has 0 saturated carbocycles. The van der Waals surface area contributed by atoms with Gasteiger partial charge in [0.1, 0.15) is 11.5 Å². The summed E-state index contributed by atoms with van der Waals surface area (Å²) in [5, 5.41) is 7.47. The Bertz CT molecular complexity index is 1130. The summed E-state index contributed by atoms with van der Waals surface area (Å²) in [6.07, 6.45) is 1.46. The molecule has 8 nitrogen and oxygen atoms in total. The number of nitrogens with one attached hydrogen (secondary N) is 1. The minimum atomic E-state index is -0.104. The van der Waals surface area contributed by atoms with Crippen LogP contribution in [0.3, 0.4) is 0 Å². The smallest absolute Gasteiger partial charge is 0.241 e. The van der Waals surface area contributed by atoms with E-state index >= 15 is 0 Å². The molecule has 0 spiro atoms. The number of likely N-dealkylation sites (tertiary alicyclic amines) is 1. The normalized spacial score (nSPS) is 14.8. The molecule has 1 saturated heterocycles. The summed E-state index contributed by atoms with van der Waals surface area (Å²) in [7, 11) is 3.06. The van der Waals surface area contributed by atoms with Gasteiger partial charge in [0.05, 0.1) is 31.5 Å². The molecule has 0 radical (unpaired) electrons. The molecule has 1 aliphatic rings. The Morgan fingerprint density at radius 2 is 1.97 bits per heavy atom. The zero-order valence-corrected chi connectivity index (χ0v) is 20.6. The first-order chi connectivity index (χ1) is 16.0. The van der Waals surface area contributed by atoms with Gasteiger partial charge in [0.25, 0.3) is 0 Å². The first kappa shape index (κ1) is 23.5. The fourth-order valence-corrected chi connectivity index (χ4v) is 4.43. The molecule has 1 N–H and O–H groups in total. The highest BCUT2D eigenvalue weighted by molar-refractivity contribution is 9.10. The standard InChI is InChI=1S/C23H24BrClN4O4/c1-31-19-12-18(20(32-2)11-17(19)25)26-23(30)14-6-8-29(9-7-14)13-21-27-22(28-33-21)15-4-3-5-16(24)10-15/h3-5,10-12,14H,6-9,13H2,1-2H3,(H,26,30). The van der Waals surface area contributed by atoms with Crippen LogP contribution in [-0.4, -0.2) is 48.3 Å². The van der Waals surface area contributed by atoms with Crippen molar-refractivity contribution < 1.29 is 18.8 Å². The van der Waals surface area contributed by atoms with Crippen LogP contribution in [0.1, 0.15) is 18.7 Å². The van der Waals surface area contributed by atoms with E-state index in [0.29, 0.717) is 40.5 Å². The van der Waals surface area contributed by atoms with E-state index < -0.39 is 0 Å². The molecule has 0 atom stereocenters.